The van der Waals surface area contributed by atoms with E-state index >= 15 is 0 Å². The molecule has 2 heterocycles. The van der Waals surface area contributed by atoms with Gasteiger partial charge in [0.15, 0.2) is 5.78 Å². The molecule has 2 aromatic rings. The van der Waals surface area contributed by atoms with Crippen LogP contribution in [-0.2, 0) is 4.79 Å². The molecule has 7 heteroatoms. The van der Waals surface area contributed by atoms with E-state index in [1.165, 1.54) is 0 Å². The van der Waals surface area contributed by atoms with Gasteiger partial charge in [0.25, 0.3) is 0 Å². The Hall–Kier alpha value is -1.60. The minimum atomic E-state index is -0.208. The molecule has 1 aromatic heterocycles. The molecule has 124 valence electrons. The van der Waals surface area contributed by atoms with Crippen molar-refractivity contribution in [2.75, 3.05) is 11.1 Å². The van der Waals surface area contributed by atoms with Crippen molar-refractivity contribution in [3.63, 3.8) is 0 Å². The average molecular weight is 405 g/mol. The van der Waals surface area contributed by atoms with Gasteiger partial charge >= 0.3 is 0 Å². The lowest BCUT2D eigenvalue weighted by Crippen LogP contribution is -2.31. The molecule has 0 spiro atoms. The van der Waals surface area contributed by atoms with E-state index in [1.807, 2.05) is 22.9 Å². The number of anilines is 1. The fourth-order valence-corrected chi connectivity index (χ4v) is 4.28. The molecule has 0 bridgehead atoms. The Morgan fingerprint density at radius 1 is 1.42 bits per heavy atom. The quantitative estimate of drug-likeness (QED) is 0.777. The molecular weight excluding hydrogens is 388 g/mol. The first-order chi connectivity index (χ1) is 11.7. The van der Waals surface area contributed by atoms with Gasteiger partial charge in [-0.15, -0.1) is 5.10 Å². The third-order valence-corrected chi connectivity index (χ3v) is 5.50. The van der Waals surface area contributed by atoms with Crippen LogP contribution in [0.3, 0.4) is 0 Å². The Balaban J connectivity index is 1.88. The molecule has 0 amide bonds. The van der Waals surface area contributed by atoms with Gasteiger partial charge in [-0.1, -0.05) is 46.7 Å². The highest BCUT2D eigenvalue weighted by molar-refractivity contribution is 9.10. The highest BCUT2D eigenvalue weighted by Gasteiger charge is 2.36. The monoisotopic (exact) mass is 404 g/mol. The van der Waals surface area contributed by atoms with Crippen molar-refractivity contribution in [3.8, 4) is 0 Å². The lowest BCUT2D eigenvalue weighted by atomic mass is 9.85. The van der Waals surface area contributed by atoms with Crippen molar-refractivity contribution in [1.82, 2.24) is 14.8 Å². The van der Waals surface area contributed by atoms with Crippen molar-refractivity contribution in [2.45, 2.75) is 37.4 Å². The van der Waals surface area contributed by atoms with E-state index in [0.717, 1.165) is 51.0 Å². The molecule has 4 rings (SSSR count). The van der Waals surface area contributed by atoms with Gasteiger partial charge in [0.05, 0.1) is 0 Å². The number of ketones is 1. The molecule has 1 N–H and O–H groups in total. The molecule has 0 unspecified atom stereocenters. The van der Waals surface area contributed by atoms with Crippen molar-refractivity contribution in [3.05, 3.63) is 45.6 Å². The number of rotatable bonds is 3. The second-order valence-electron chi connectivity index (χ2n) is 5.85. The van der Waals surface area contributed by atoms with Crippen LogP contribution in [0.5, 0.6) is 0 Å². The number of Topliss-reactive ketones (excluding diaryl/α,β-unsaturated/α-hetero) is 1. The van der Waals surface area contributed by atoms with E-state index < -0.39 is 0 Å². The van der Waals surface area contributed by atoms with E-state index in [-0.39, 0.29) is 11.8 Å². The van der Waals surface area contributed by atoms with Crippen LogP contribution in [0, 0.1) is 0 Å². The maximum atomic E-state index is 12.7. The summed E-state index contributed by atoms with van der Waals surface area (Å²) in [4.78, 5) is 17.3. The number of benzene rings is 1. The normalized spacial score (nSPS) is 19.8. The topological polar surface area (TPSA) is 59.8 Å². The summed E-state index contributed by atoms with van der Waals surface area (Å²) in [5.41, 5.74) is 2.89. The second-order valence-corrected chi connectivity index (χ2v) is 7.99. The Kier molecular flexibility index (Phi) is 4.22. The van der Waals surface area contributed by atoms with Crippen LogP contribution in [0.2, 0.25) is 0 Å². The molecule has 1 aliphatic heterocycles. The number of allylic oxidation sites excluding steroid dienone is 2. The Bertz CT molecular complexity index is 845. The fourth-order valence-electron chi connectivity index (χ4n) is 3.31. The van der Waals surface area contributed by atoms with Gasteiger partial charge in [-0.25, -0.2) is 4.68 Å². The summed E-state index contributed by atoms with van der Waals surface area (Å²) < 4.78 is 2.86. The summed E-state index contributed by atoms with van der Waals surface area (Å²) in [7, 11) is 0. The molecule has 0 radical (unpaired) electrons. The number of halogens is 1. The lowest BCUT2D eigenvalue weighted by Gasteiger charge is -2.32. The van der Waals surface area contributed by atoms with Gasteiger partial charge in [0.2, 0.25) is 11.1 Å². The minimum absolute atomic E-state index is 0.208. The standard InChI is InChI=1S/C17H17BrN4OS/c1-2-24-17-20-16-19-12-7-4-8-13(23)14(12)15(22(16)21-17)10-5-3-6-11(18)9-10/h3,5-6,9,15H,2,4,7-8H2,1H3,(H,19,20,21)/t15-/m1/s1. The highest BCUT2D eigenvalue weighted by Crippen LogP contribution is 2.40. The maximum absolute atomic E-state index is 12.7. The van der Waals surface area contributed by atoms with Crippen molar-refractivity contribution < 1.29 is 4.79 Å². The van der Waals surface area contributed by atoms with E-state index in [9.17, 15) is 4.79 Å². The third-order valence-electron chi connectivity index (χ3n) is 4.29. The van der Waals surface area contributed by atoms with Crippen molar-refractivity contribution >= 4 is 39.4 Å². The number of hydrogen-bond donors (Lipinski definition) is 1. The Morgan fingerprint density at radius 2 is 2.29 bits per heavy atom. The van der Waals surface area contributed by atoms with E-state index in [2.05, 4.69) is 44.3 Å². The molecular formula is C17H17BrN4OS. The van der Waals surface area contributed by atoms with Gasteiger partial charge in [-0.3, -0.25) is 4.79 Å². The predicted octanol–water partition coefficient (Wildman–Crippen LogP) is 4.17. The van der Waals surface area contributed by atoms with E-state index in [1.54, 1.807) is 11.8 Å². The summed E-state index contributed by atoms with van der Waals surface area (Å²) in [6.07, 6.45) is 2.38. The summed E-state index contributed by atoms with van der Waals surface area (Å²) in [6.45, 7) is 2.08. The van der Waals surface area contributed by atoms with Gasteiger partial charge in [0, 0.05) is 22.2 Å². The number of aromatic nitrogens is 3. The predicted molar refractivity (Wildman–Crippen MR) is 98.2 cm³/mol. The van der Waals surface area contributed by atoms with Crippen LogP contribution >= 0.6 is 27.7 Å². The molecule has 2 aliphatic rings. The van der Waals surface area contributed by atoms with Gasteiger partial charge < -0.3 is 5.32 Å². The summed E-state index contributed by atoms with van der Waals surface area (Å²) in [6, 6.07) is 7.88. The summed E-state index contributed by atoms with van der Waals surface area (Å²) >= 11 is 5.14. The van der Waals surface area contributed by atoms with Crippen molar-refractivity contribution in [1.29, 1.82) is 0 Å². The van der Waals surface area contributed by atoms with Crippen LogP contribution in [0.15, 0.2) is 45.2 Å². The number of nitrogens with one attached hydrogen (secondary N) is 1. The minimum Gasteiger partial charge on any atom is -0.328 e. The second kappa shape index (κ2) is 6.37. The van der Waals surface area contributed by atoms with Crippen LogP contribution in [0.4, 0.5) is 5.95 Å². The molecule has 1 atom stereocenters. The zero-order chi connectivity index (χ0) is 16.7. The lowest BCUT2D eigenvalue weighted by molar-refractivity contribution is -0.116. The zero-order valence-corrected chi connectivity index (χ0v) is 15.7. The van der Waals surface area contributed by atoms with Gasteiger partial charge in [0.1, 0.15) is 6.04 Å². The number of carbonyl (C=O) groups excluding carboxylic acids is 1. The highest BCUT2D eigenvalue weighted by atomic mass is 79.9. The van der Waals surface area contributed by atoms with Gasteiger partial charge in [-0.2, -0.15) is 4.98 Å². The van der Waals surface area contributed by atoms with Crippen LogP contribution in [-0.4, -0.2) is 26.3 Å². The van der Waals surface area contributed by atoms with E-state index in [0.29, 0.717) is 6.42 Å². The molecule has 0 saturated heterocycles. The number of hydrogen-bond acceptors (Lipinski definition) is 5. The number of thioether (sulfide) groups is 1. The fraction of sp³-hybridized carbons (Fsp3) is 0.353. The first kappa shape index (κ1) is 15.9. The maximum Gasteiger partial charge on any atom is 0.227 e. The smallest absolute Gasteiger partial charge is 0.227 e. The number of carbonyl (C=O) groups is 1. The molecule has 1 aromatic carbocycles. The zero-order valence-electron chi connectivity index (χ0n) is 13.3. The summed E-state index contributed by atoms with van der Waals surface area (Å²) in [5.74, 6) is 1.85. The van der Waals surface area contributed by atoms with Crippen molar-refractivity contribution in [2.24, 2.45) is 0 Å². The molecule has 24 heavy (non-hydrogen) atoms. The van der Waals surface area contributed by atoms with Crippen LogP contribution in [0.1, 0.15) is 37.8 Å². The first-order valence-electron chi connectivity index (χ1n) is 8.05. The van der Waals surface area contributed by atoms with Gasteiger partial charge in [-0.05, 0) is 36.3 Å². The largest absolute Gasteiger partial charge is 0.328 e. The van der Waals surface area contributed by atoms with Crippen LogP contribution < -0.4 is 5.32 Å². The molecule has 0 saturated carbocycles. The number of fused-ring (bicyclic) bond motifs is 1. The Labute approximate surface area is 153 Å². The molecule has 5 nitrogen and oxygen atoms in total. The first-order valence-corrected chi connectivity index (χ1v) is 9.83. The van der Waals surface area contributed by atoms with E-state index in [4.69, 9.17) is 0 Å². The Morgan fingerprint density at radius 3 is 3.08 bits per heavy atom. The SMILES string of the molecule is CCSc1nc2n(n1)[C@H](c1cccc(Br)c1)C1=C(CCCC1=O)N2. The average Bonchev–Trinajstić information content (AvgIpc) is 2.95. The summed E-state index contributed by atoms with van der Waals surface area (Å²) in [5, 5.41) is 8.75. The van der Waals surface area contributed by atoms with Crippen LogP contribution in [0.25, 0.3) is 0 Å². The molecule has 0 fully saturated rings. The number of nitrogens with zero attached hydrogens (tertiary/aromatic N) is 3. The molecule has 1 aliphatic carbocycles. The third kappa shape index (κ3) is 2.69.